The highest BCUT2D eigenvalue weighted by atomic mass is 16.8. The second-order valence-electron chi connectivity index (χ2n) is 9.48. The summed E-state index contributed by atoms with van der Waals surface area (Å²) in [6, 6.07) is 9.39. The first kappa shape index (κ1) is 24.9. The Morgan fingerprint density at radius 3 is 2.50 bits per heavy atom. The van der Waals surface area contributed by atoms with Crippen molar-refractivity contribution in [3.8, 4) is 0 Å². The first-order valence-electron chi connectivity index (χ1n) is 11.6. The van der Waals surface area contributed by atoms with Crippen molar-refractivity contribution in [1.29, 1.82) is 0 Å². The summed E-state index contributed by atoms with van der Waals surface area (Å²) < 4.78 is 40.3. The van der Waals surface area contributed by atoms with Gasteiger partial charge in [-0.25, -0.2) is 4.79 Å². The molecular weight excluding hydrogens is 446 g/mol. The summed E-state index contributed by atoms with van der Waals surface area (Å²) in [6.45, 7) is 7.97. The van der Waals surface area contributed by atoms with Crippen LogP contribution in [0.4, 0.5) is 4.79 Å². The van der Waals surface area contributed by atoms with Gasteiger partial charge in [-0.2, -0.15) is 0 Å². The maximum Gasteiger partial charge on any atom is 0.407 e. The molecule has 0 bridgehead atoms. The standard InChI is InChI=1S/C24H33NO9/c1-23(2)29-14-16(32-23)18-19(20-21(31-18)34-24(3,4)33-20)30-17(26)11-8-12-25-22(27)28-13-15-9-6-5-7-10-15/h5-7,9-10,16,18-21H,8,11-14H2,1-4H3,(H,25,27)/t16-,18+,19+,20+,21+/m0/s1. The average molecular weight is 480 g/mol. The van der Waals surface area contributed by atoms with Gasteiger partial charge in [-0.05, 0) is 39.7 Å². The fraction of sp³-hybridized carbons (Fsp3) is 0.667. The molecule has 0 radical (unpaired) electrons. The maximum absolute atomic E-state index is 12.6. The van der Waals surface area contributed by atoms with Crippen molar-refractivity contribution < 1.29 is 42.7 Å². The van der Waals surface area contributed by atoms with Crippen LogP contribution < -0.4 is 5.32 Å². The second-order valence-corrected chi connectivity index (χ2v) is 9.48. The van der Waals surface area contributed by atoms with Gasteiger partial charge in [-0.3, -0.25) is 4.79 Å². The van der Waals surface area contributed by atoms with Crippen LogP contribution in [0.25, 0.3) is 0 Å². The Balaban J connectivity index is 1.23. The van der Waals surface area contributed by atoms with Gasteiger partial charge in [0.15, 0.2) is 30.1 Å². The quantitative estimate of drug-likeness (QED) is 0.444. The van der Waals surface area contributed by atoms with E-state index < -0.39 is 54.3 Å². The van der Waals surface area contributed by atoms with E-state index in [4.69, 9.17) is 33.2 Å². The van der Waals surface area contributed by atoms with Crippen LogP contribution in [-0.4, -0.2) is 67.5 Å². The highest BCUT2D eigenvalue weighted by Crippen LogP contribution is 2.42. The molecule has 0 spiro atoms. The number of benzene rings is 1. The summed E-state index contributed by atoms with van der Waals surface area (Å²) in [7, 11) is 0. The molecule has 3 aliphatic rings. The normalized spacial score (nSPS) is 31.1. The smallest absolute Gasteiger partial charge is 0.407 e. The number of rotatable bonds is 8. The molecule has 0 saturated carbocycles. The van der Waals surface area contributed by atoms with Crippen molar-refractivity contribution in [3.63, 3.8) is 0 Å². The van der Waals surface area contributed by atoms with Gasteiger partial charge in [0, 0.05) is 13.0 Å². The molecule has 10 nitrogen and oxygen atoms in total. The zero-order chi connectivity index (χ0) is 24.3. The van der Waals surface area contributed by atoms with E-state index in [1.54, 1.807) is 13.8 Å². The number of hydrogen-bond donors (Lipinski definition) is 1. The lowest BCUT2D eigenvalue weighted by Gasteiger charge is -2.28. The third kappa shape index (κ3) is 6.25. The van der Waals surface area contributed by atoms with Gasteiger partial charge in [0.2, 0.25) is 0 Å². The lowest BCUT2D eigenvalue weighted by Crippen LogP contribution is -2.45. The second kappa shape index (κ2) is 10.2. The summed E-state index contributed by atoms with van der Waals surface area (Å²) in [6.07, 6.45) is -2.97. The fourth-order valence-electron chi connectivity index (χ4n) is 4.22. The predicted molar refractivity (Wildman–Crippen MR) is 117 cm³/mol. The number of hydrogen-bond acceptors (Lipinski definition) is 9. The van der Waals surface area contributed by atoms with E-state index in [1.807, 2.05) is 44.2 Å². The third-order valence-electron chi connectivity index (χ3n) is 5.73. The highest BCUT2D eigenvalue weighted by molar-refractivity contribution is 5.70. The summed E-state index contributed by atoms with van der Waals surface area (Å²) in [5, 5.41) is 2.64. The minimum Gasteiger partial charge on any atom is -0.456 e. The number of amides is 1. The van der Waals surface area contributed by atoms with Crippen molar-refractivity contribution in [2.45, 2.75) is 89.4 Å². The molecule has 0 unspecified atom stereocenters. The van der Waals surface area contributed by atoms with E-state index in [1.165, 1.54) is 0 Å². The SMILES string of the molecule is CC1(C)O[C@H]2O[C@H]([C@@H]3COC(C)(C)O3)[C@@H](OC(=O)CCCNC(=O)OCc3ccccc3)[C@H]2O1. The average Bonchev–Trinajstić information content (AvgIpc) is 3.40. The molecule has 188 valence electrons. The molecule has 3 heterocycles. The zero-order valence-corrected chi connectivity index (χ0v) is 20.0. The molecule has 1 amide bonds. The van der Waals surface area contributed by atoms with E-state index in [0.717, 1.165) is 5.56 Å². The Kier molecular flexibility index (Phi) is 7.44. The molecular formula is C24H33NO9. The third-order valence-corrected chi connectivity index (χ3v) is 5.73. The van der Waals surface area contributed by atoms with Gasteiger partial charge in [-0.15, -0.1) is 0 Å². The molecule has 1 aromatic carbocycles. The van der Waals surface area contributed by atoms with E-state index in [0.29, 0.717) is 13.0 Å². The molecule has 1 N–H and O–H groups in total. The molecule has 3 aliphatic heterocycles. The molecule has 34 heavy (non-hydrogen) atoms. The fourth-order valence-corrected chi connectivity index (χ4v) is 4.22. The molecule has 5 atom stereocenters. The Morgan fingerprint density at radius 1 is 1.03 bits per heavy atom. The van der Waals surface area contributed by atoms with Crippen LogP contribution in [0.2, 0.25) is 0 Å². The monoisotopic (exact) mass is 479 g/mol. The molecule has 0 aromatic heterocycles. The maximum atomic E-state index is 12.6. The molecule has 3 fully saturated rings. The van der Waals surface area contributed by atoms with Gasteiger partial charge in [0.05, 0.1) is 6.61 Å². The van der Waals surface area contributed by atoms with E-state index >= 15 is 0 Å². The predicted octanol–water partition coefficient (Wildman–Crippen LogP) is 2.63. The Labute approximate surface area is 199 Å². The summed E-state index contributed by atoms with van der Waals surface area (Å²) in [5.74, 6) is -2.02. The van der Waals surface area contributed by atoms with Crippen LogP contribution in [-0.2, 0) is 44.6 Å². The van der Waals surface area contributed by atoms with Crippen LogP contribution >= 0.6 is 0 Å². The largest absolute Gasteiger partial charge is 0.456 e. The molecule has 4 rings (SSSR count). The van der Waals surface area contributed by atoms with Crippen LogP contribution in [0.5, 0.6) is 0 Å². The zero-order valence-electron chi connectivity index (χ0n) is 20.0. The van der Waals surface area contributed by atoms with Gasteiger partial charge in [0.1, 0.15) is 18.8 Å². The van der Waals surface area contributed by atoms with Gasteiger partial charge in [0.25, 0.3) is 0 Å². The number of ether oxygens (including phenoxy) is 7. The summed E-state index contributed by atoms with van der Waals surface area (Å²) in [5.41, 5.74) is 0.897. The lowest BCUT2D eigenvalue weighted by atomic mass is 10.1. The van der Waals surface area contributed by atoms with E-state index in [9.17, 15) is 9.59 Å². The van der Waals surface area contributed by atoms with Crippen molar-refractivity contribution in [2.24, 2.45) is 0 Å². The van der Waals surface area contributed by atoms with Crippen LogP contribution in [0, 0.1) is 0 Å². The van der Waals surface area contributed by atoms with Crippen LogP contribution in [0.3, 0.4) is 0 Å². The summed E-state index contributed by atoms with van der Waals surface area (Å²) in [4.78, 5) is 24.4. The minimum atomic E-state index is -0.846. The Bertz CT molecular complexity index is 859. The van der Waals surface area contributed by atoms with Crippen molar-refractivity contribution in [2.75, 3.05) is 13.2 Å². The molecule has 3 saturated heterocycles. The number of nitrogens with one attached hydrogen (secondary N) is 1. The number of carbonyl (C=O) groups excluding carboxylic acids is 2. The number of fused-ring (bicyclic) bond motifs is 1. The first-order chi connectivity index (χ1) is 16.1. The van der Waals surface area contributed by atoms with E-state index in [2.05, 4.69) is 5.32 Å². The molecule has 0 aliphatic carbocycles. The van der Waals surface area contributed by atoms with Crippen molar-refractivity contribution >= 4 is 12.1 Å². The van der Waals surface area contributed by atoms with Gasteiger partial charge < -0.3 is 38.5 Å². The topological polar surface area (TPSA) is 111 Å². The Morgan fingerprint density at radius 2 is 1.79 bits per heavy atom. The highest BCUT2D eigenvalue weighted by Gasteiger charge is 2.59. The first-order valence-corrected chi connectivity index (χ1v) is 11.6. The summed E-state index contributed by atoms with van der Waals surface area (Å²) >= 11 is 0. The number of carbonyl (C=O) groups is 2. The van der Waals surface area contributed by atoms with Crippen molar-refractivity contribution in [3.05, 3.63) is 35.9 Å². The number of esters is 1. The van der Waals surface area contributed by atoms with Crippen LogP contribution in [0.1, 0.15) is 46.1 Å². The van der Waals surface area contributed by atoms with Gasteiger partial charge in [-0.1, -0.05) is 30.3 Å². The Hall–Kier alpha value is -2.24. The van der Waals surface area contributed by atoms with Crippen molar-refractivity contribution in [1.82, 2.24) is 5.32 Å². The molecule has 10 heteroatoms. The number of alkyl carbamates (subject to hydrolysis) is 1. The lowest BCUT2D eigenvalue weighted by molar-refractivity contribution is -0.235. The van der Waals surface area contributed by atoms with E-state index in [-0.39, 0.29) is 19.6 Å². The minimum absolute atomic E-state index is 0.108. The van der Waals surface area contributed by atoms with Gasteiger partial charge >= 0.3 is 12.1 Å². The van der Waals surface area contributed by atoms with Crippen LogP contribution in [0.15, 0.2) is 30.3 Å². The molecule has 1 aromatic rings.